The second kappa shape index (κ2) is 4.96. The van der Waals surface area contributed by atoms with Gasteiger partial charge in [0.1, 0.15) is 11.5 Å². The maximum Gasteiger partial charge on any atom is 0.126 e. The highest BCUT2D eigenvalue weighted by atomic mass is 16.5. The van der Waals surface area contributed by atoms with Crippen molar-refractivity contribution < 1.29 is 9.84 Å². The van der Waals surface area contributed by atoms with Crippen molar-refractivity contribution in [3.63, 3.8) is 0 Å². The van der Waals surface area contributed by atoms with Crippen LogP contribution < -0.4 is 4.74 Å². The lowest BCUT2D eigenvalue weighted by molar-refractivity contribution is 0.415. The molecule has 0 amide bonds. The Morgan fingerprint density at radius 2 is 1.63 bits per heavy atom. The van der Waals surface area contributed by atoms with Crippen molar-refractivity contribution in [3.8, 4) is 22.6 Å². The molecule has 0 unspecified atom stereocenters. The summed E-state index contributed by atoms with van der Waals surface area (Å²) >= 11 is 0. The summed E-state index contributed by atoms with van der Waals surface area (Å²) in [6, 6.07) is 13.5. The van der Waals surface area contributed by atoms with Crippen LogP contribution in [-0.2, 0) is 5.41 Å². The average Bonchev–Trinajstić information content (AvgIpc) is 2.38. The Hall–Kier alpha value is -1.96. The van der Waals surface area contributed by atoms with Gasteiger partial charge in [-0.25, -0.2) is 0 Å². The van der Waals surface area contributed by atoms with E-state index in [0.29, 0.717) is 0 Å². The normalized spacial score (nSPS) is 11.4. The lowest BCUT2D eigenvalue weighted by Crippen LogP contribution is -2.10. The smallest absolute Gasteiger partial charge is 0.126 e. The second-order valence-corrected chi connectivity index (χ2v) is 5.68. The SMILES string of the molecule is COc1ccccc1-c1cc(C(C)(C)C)ccc1O. The van der Waals surface area contributed by atoms with Crippen molar-refractivity contribution in [3.05, 3.63) is 48.0 Å². The Bertz CT molecular complexity index is 580. The Balaban J connectivity index is 2.61. The third-order valence-corrected chi connectivity index (χ3v) is 3.26. The molecule has 0 spiro atoms. The number of para-hydroxylation sites is 1. The van der Waals surface area contributed by atoms with Crippen LogP contribution in [0.1, 0.15) is 26.3 Å². The van der Waals surface area contributed by atoms with Crippen LogP contribution in [0.2, 0.25) is 0 Å². The van der Waals surface area contributed by atoms with Crippen LogP contribution in [0.25, 0.3) is 11.1 Å². The number of hydrogen-bond acceptors (Lipinski definition) is 2. The third kappa shape index (κ3) is 2.73. The zero-order valence-corrected chi connectivity index (χ0v) is 11.9. The molecule has 2 nitrogen and oxygen atoms in total. The minimum atomic E-state index is 0.0461. The number of ether oxygens (including phenoxy) is 1. The number of aromatic hydroxyl groups is 1. The van der Waals surface area contributed by atoms with Crippen LogP contribution in [0.4, 0.5) is 0 Å². The van der Waals surface area contributed by atoms with E-state index >= 15 is 0 Å². The fraction of sp³-hybridized carbons (Fsp3) is 0.294. The Labute approximate surface area is 114 Å². The molecular formula is C17H20O2. The van der Waals surface area contributed by atoms with Gasteiger partial charge in [-0.05, 0) is 29.2 Å². The fourth-order valence-corrected chi connectivity index (χ4v) is 2.09. The molecule has 19 heavy (non-hydrogen) atoms. The summed E-state index contributed by atoms with van der Waals surface area (Å²) in [5.74, 6) is 1.04. The van der Waals surface area contributed by atoms with E-state index in [4.69, 9.17) is 4.74 Å². The quantitative estimate of drug-likeness (QED) is 0.864. The van der Waals surface area contributed by atoms with E-state index in [0.717, 1.165) is 16.9 Å². The van der Waals surface area contributed by atoms with Gasteiger partial charge in [-0.1, -0.05) is 45.0 Å². The number of methoxy groups -OCH3 is 1. The van der Waals surface area contributed by atoms with Gasteiger partial charge in [0.05, 0.1) is 7.11 Å². The molecule has 0 saturated carbocycles. The van der Waals surface area contributed by atoms with E-state index in [1.54, 1.807) is 13.2 Å². The van der Waals surface area contributed by atoms with Crippen LogP contribution in [0, 0.1) is 0 Å². The predicted molar refractivity (Wildman–Crippen MR) is 78.8 cm³/mol. The minimum Gasteiger partial charge on any atom is -0.507 e. The number of rotatable bonds is 2. The zero-order chi connectivity index (χ0) is 14.0. The van der Waals surface area contributed by atoms with Gasteiger partial charge in [0.2, 0.25) is 0 Å². The standard InChI is InChI=1S/C17H20O2/c1-17(2,3)12-9-10-15(18)14(11-12)13-7-5-6-8-16(13)19-4/h5-11,18H,1-4H3. The molecule has 1 N–H and O–H groups in total. The van der Waals surface area contributed by atoms with Gasteiger partial charge in [0, 0.05) is 11.1 Å². The largest absolute Gasteiger partial charge is 0.507 e. The van der Waals surface area contributed by atoms with E-state index in [2.05, 4.69) is 20.8 Å². The van der Waals surface area contributed by atoms with Crippen LogP contribution in [0.3, 0.4) is 0 Å². The molecular weight excluding hydrogens is 236 g/mol. The molecule has 0 saturated heterocycles. The monoisotopic (exact) mass is 256 g/mol. The lowest BCUT2D eigenvalue weighted by Gasteiger charge is -2.21. The first-order valence-corrected chi connectivity index (χ1v) is 6.40. The molecule has 0 radical (unpaired) electrons. The molecule has 0 aliphatic carbocycles. The number of phenolic OH excluding ortho intramolecular Hbond substituents is 1. The van der Waals surface area contributed by atoms with Crippen LogP contribution >= 0.6 is 0 Å². The highest BCUT2D eigenvalue weighted by Gasteiger charge is 2.17. The van der Waals surface area contributed by atoms with Crippen LogP contribution in [0.15, 0.2) is 42.5 Å². The van der Waals surface area contributed by atoms with Crippen molar-refractivity contribution >= 4 is 0 Å². The van der Waals surface area contributed by atoms with E-state index < -0.39 is 0 Å². The first-order valence-electron chi connectivity index (χ1n) is 6.40. The summed E-state index contributed by atoms with van der Waals surface area (Å²) in [5.41, 5.74) is 2.95. The van der Waals surface area contributed by atoms with Crippen molar-refractivity contribution in [2.24, 2.45) is 0 Å². The van der Waals surface area contributed by atoms with Crippen molar-refractivity contribution in [1.82, 2.24) is 0 Å². The molecule has 0 atom stereocenters. The fourth-order valence-electron chi connectivity index (χ4n) is 2.09. The summed E-state index contributed by atoms with van der Waals surface area (Å²) in [7, 11) is 1.64. The Kier molecular flexibility index (Phi) is 3.52. The van der Waals surface area contributed by atoms with E-state index in [9.17, 15) is 5.11 Å². The molecule has 100 valence electrons. The highest BCUT2D eigenvalue weighted by Crippen LogP contribution is 2.38. The maximum absolute atomic E-state index is 10.1. The van der Waals surface area contributed by atoms with E-state index in [-0.39, 0.29) is 11.2 Å². The summed E-state index contributed by atoms with van der Waals surface area (Å²) < 4.78 is 5.37. The van der Waals surface area contributed by atoms with E-state index in [1.165, 1.54) is 5.56 Å². The highest BCUT2D eigenvalue weighted by molar-refractivity contribution is 5.76. The number of benzene rings is 2. The summed E-state index contributed by atoms with van der Waals surface area (Å²) in [5, 5.41) is 10.1. The molecule has 2 aromatic rings. The summed E-state index contributed by atoms with van der Waals surface area (Å²) in [6.45, 7) is 6.47. The minimum absolute atomic E-state index is 0.0461. The Morgan fingerprint density at radius 1 is 0.947 bits per heavy atom. The van der Waals surface area contributed by atoms with Gasteiger partial charge >= 0.3 is 0 Å². The van der Waals surface area contributed by atoms with Gasteiger partial charge in [-0.3, -0.25) is 0 Å². The van der Waals surface area contributed by atoms with Gasteiger partial charge in [-0.2, -0.15) is 0 Å². The molecule has 0 aliphatic heterocycles. The van der Waals surface area contributed by atoms with Gasteiger partial charge < -0.3 is 9.84 Å². The molecule has 0 heterocycles. The van der Waals surface area contributed by atoms with E-state index in [1.807, 2.05) is 36.4 Å². The number of phenols is 1. The predicted octanol–water partition coefficient (Wildman–Crippen LogP) is 4.37. The first-order chi connectivity index (χ1) is 8.93. The van der Waals surface area contributed by atoms with Gasteiger partial charge in [0.25, 0.3) is 0 Å². The Morgan fingerprint density at radius 3 is 2.26 bits per heavy atom. The zero-order valence-electron chi connectivity index (χ0n) is 11.9. The summed E-state index contributed by atoms with van der Waals surface area (Å²) in [6.07, 6.45) is 0. The molecule has 2 aromatic carbocycles. The van der Waals surface area contributed by atoms with Gasteiger partial charge in [-0.15, -0.1) is 0 Å². The van der Waals surface area contributed by atoms with Crippen LogP contribution in [-0.4, -0.2) is 12.2 Å². The summed E-state index contributed by atoms with van der Waals surface area (Å²) in [4.78, 5) is 0. The lowest BCUT2D eigenvalue weighted by atomic mass is 9.85. The second-order valence-electron chi connectivity index (χ2n) is 5.68. The molecule has 2 rings (SSSR count). The topological polar surface area (TPSA) is 29.5 Å². The van der Waals surface area contributed by atoms with Crippen LogP contribution in [0.5, 0.6) is 11.5 Å². The van der Waals surface area contributed by atoms with Crippen molar-refractivity contribution in [1.29, 1.82) is 0 Å². The first kappa shape index (κ1) is 13.5. The number of hydrogen-bond donors (Lipinski definition) is 1. The van der Waals surface area contributed by atoms with Crippen molar-refractivity contribution in [2.45, 2.75) is 26.2 Å². The molecule has 0 fully saturated rings. The van der Waals surface area contributed by atoms with Gasteiger partial charge in [0.15, 0.2) is 0 Å². The molecule has 2 heteroatoms. The maximum atomic E-state index is 10.1. The third-order valence-electron chi connectivity index (χ3n) is 3.26. The molecule has 0 aliphatic rings. The average molecular weight is 256 g/mol. The van der Waals surface area contributed by atoms with Crippen molar-refractivity contribution in [2.75, 3.05) is 7.11 Å². The molecule has 0 bridgehead atoms. The molecule has 0 aromatic heterocycles.